The summed E-state index contributed by atoms with van der Waals surface area (Å²) in [5.41, 5.74) is 0.363. The number of hydrogen-bond donors (Lipinski definition) is 1. The van der Waals surface area contributed by atoms with E-state index in [1.54, 1.807) is 0 Å². The van der Waals surface area contributed by atoms with Crippen molar-refractivity contribution in [3.05, 3.63) is 125 Å². The van der Waals surface area contributed by atoms with Crippen LogP contribution in [0.1, 0.15) is 5.56 Å². The third-order valence-corrected chi connectivity index (χ3v) is 12.8. The second kappa shape index (κ2) is 8.14. The fraction of sp³-hybridized carbons (Fsp3) is 0.0400. The molecule has 0 amide bonds. The number of phenolic OH excluding ortho intramolecular Hbond substituents is 1. The molecule has 6 heteroatoms. The quantitative estimate of drug-likeness (QED) is 0.241. The van der Waals surface area contributed by atoms with Gasteiger partial charge in [-0.25, -0.2) is 0 Å². The first-order chi connectivity index (χ1) is 14.9. The van der Waals surface area contributed by atoms with Crippen LogP contribution in [-0.4, -0.2) is 10.0 Å². The second-order valence-corrected chi connectivity index (χ2v) is 13.9. The first-order valence-corrected chi connectivity index (χ1v) is 13.1. The Kier molecular flexibility index (Phi) is 5.53. The van der Waals surface area contributed by atoms with Crippen molar-refractivity contribution >= 4 is 38.8 Å². The average molecular weight is 450 g/mol. The molecule has 31 heavy (non-hydrogen) atoms. The van der Waals surface area contributed by atoms with Crippen LogP contribution >= 0.6 is 17.2 Å². The molecular formula is C25H21ClNO3P. The number of nitrogens with zero attached hydrogens (tertiary/aromatic N) is 1. The Balaban J connectivity index is 2.09. The van der Waals surface area contributed by atoms with Gasteiger partial charge in [-0.1, -0.05) is 0 Å². The van der Waals surface area contributed by atoms with Gasteiger partial charge in [-0.15, -0.1) is 0 Å². The maximum absolute atomic E-state index is 11.4. The molecule has 0 radical (unpaired) electrons. The van der Waals surface area contributed by atoms with E-state index in [4.69, 9.17) is 11.2 Å². The average Bonchev–Trinajstić information content (AvgIpc) is 2.82. The van der Waals surface area contributed by atoms with E-state index in [0.29, 0.717) is 5.56 Å². The van der Waals surface area contributed by atoms with E-state index in [2.05, 4.69) is 0 Å². The molecule has 4 rings (SSSR count). The van der Waals surface area contributed by atoms with Gasteiger partial charge in [-0.3, -0.25) is 0 Å². The van der Waals surface area contributed by atoms with Gasteiger partial charge < -0.3 is 0 Å². The van der Waals surface area contributed by atoms with E-state index in [0.717, 1.165) is 15.9 Å². The number of non-ortho nitro benzene ring substituents is 1. The van der Waals surface area contributed by atoms with E-state index in [-0.39, 0.29) is 17.6 Å². The molecule has 0 aliphatic carbocycles. The van der Waals surface area contributed by atoms with Crippen LogP contribution in [0.25, 0.3) is 0 Å². The van der Waals surface area contributed by atoms with Gasteiger partial charge in [0.2, 0.25) is 0 Å². The van der Waals surface area contributed by atoms with Crippen molar-refractivity contribution in [2.45, 2.75) is 6.16 Å². The third kappa shape index (κ3) is 3.59. The Bertz CT molecular complexity index is 1120. The Morgan fingerprint density at radius 1 is 0.742 bits per heavy atom. The van der Waals surface area contributed by atoms with Crippen LogP contribution in [0.5, 0.6) is 5.75 Å². The van der Waals surface area contributed by atoms with Crippen molar-refractivity contribution in [2.75, 3.05) is 0 Å². The zero-order valence-electron chi connectivity index (χ0n) is 16.6. The zero-order chi connectivity index (χ0) is 21.9. The van der Waals surface area contributed by atoms with Gasteiger partial charge >= 0.3 is 186 Å². The molecule has 0 spiro atoms. The SMILES string of the molecule is O=[N+]([O-])c1ccc(O)c(CP(Cl)(c2ccccc2)(c2ccccc2)c2ccccc2)c1. The summed E-state index contributed by atoms with van der Waals surface area (Å²) in [4.78, 5) is 11.0. The summed E-state index contributed by atoms with van der Waals surface area (Å²) in [5, 5.41) is 24.9. The van der Waals surface area contributed by atoms with Gasteiger partial charge in [0.25, 0.3) is 0 Å². The van der Waals surface area contributed by atoms with Crippen molar-refractivity contribution in [3.63, 3.8) is 0 Å². The monoisotopic (exact) mass is 449 g/mol. The van der Waals surface area contributed by atoms with Crippen molar-refractivity contribution < 1.29 is 10.0 Å². The molecule has 0 aromatic heterocycles. The molecule has 0 unspecified atom stereocenters. The van der Waals surface area contributed by atoms with Gasteiger partial charge in [0.15, 0.2) is 0 Å². The number of phenols is 1. The molecule has 0 saturated heterocycles. The van der Waals surface area contributed by atoms with Crippen LogP contribution in [0, 0.1) is 10.1 Å². The molecule has 1 N–H and O–H groups in total. The summed E-state index contributed by atoms with van der Waals surface area (Å²) in [6, 6.07) is 33.5. The van der Waals surface area contributed by atoms with Crippen molar-refractivity contribution in [2.24, 2.45) is 0 Å². The van der Waals surface area contributed by atoms with Crippen LogP contribution in [-0.2, 0) is 6.16 Å². The third-order valence-electron chi connectivity index (χ3n) is 5.62. The Hall–Kier alpha value is -3.20. The number of aromatic hydroxyl groups is 1. The number of benzene rings is 4. The first-order valence-electron chi connectivity index (χ1n) is 9.79. The van der Waals surface area contributed by atoms with E-state index in [1.165, 1.54) is 18.2 Å². The van der Waals surface area contributed by atoms with Crippen LogP contribution in [0.4, 0.5) is 5.69 Å². The number of halogens is 1. The standard InChI is InChI=1S/C25H21ClNO3P/c26-31(22-10-4-1-5-11-22,23-12-6-2-7-13-23,24-14-8-3-9-15-24)19-20-18-21(27(29)30)16-17-25(20)28/h1-18,28H,19H2. The summed E-state index contributed by atoms with van der Waals surface area (Å²) in [5.74, 6) is -3.69. The van der Waals surface area contributed by atoms with Gasteiger partial charge in [-0.05, 0) is 0 Å². The summed E-state index contributed by atoms with van der Waals surface area (Å²) in [7, 11) is 0. The summed E-state index contributed by atoms with van der Waals surface area (Å²) in [6.45, 7) is 0. The van der Waals surface area contributed by atoms with E-state index >= 15 is 0 Å². The molecule has 0 aliphatic heterocycles. The molecule has 156 valence electrons. The minimum atomic E-state index is -3.68. The van der Waals surface area contributed by atoms with Crippen molar-refractivity contribution in [1.82, 2.24) is 0 Å². The predicted octanol–water partition coefficient (Wildman–Crippen LogP) is 5.48. The summed E-state index contributed by atoms with van der Waals surface area (Å²) < 4.78 is 0. The molecule has 0 aliphatic rings. The molecule has 0 heterocycles. The second-order valence-electron chi connectivity index (χ2n) is 7.42. The summed E-state index contributed by atoms with van der Waals surface area (Å²) >= 11 is 7.96. The number of nitro benzene ring substituents is 1. The molecule has 0 saturated carbocycles. The Morgan fingerprint density at radius 3 is 1.55 bits per heavy atom. The van der Waals surface area contributed by atoms with E-state index < -0.39 is 10.9 Å². The number of rotatable bonds is 6. The topological polar surface area (TPSA) is 63.4 Å². The molecule has 0 atom stereocenters. The Labute approximate surface area is 185 Å². The number of nitro groups is 1. The van der Waals surface area contributed by atoms with Crippen LogP contribution in [0.3, 0.4) is 0 Å². The molecule has 4 aromatic carbocycles. The molecule has 4 nitrogen and oxygen atoms in total. The van der Waals surface area contributed by atoms with Crippen LogP contribution < -0.4 is 15.9 Å². The van der Waals surface area contributed by atoms with Gasteiger partial charge in [-0.2, -0.15) is 0 Å². The molecule has 4 aromatic rings. The molecule has 0 bridgehead atoms. The van der Waals surface area contributed by atoms with Gasteiger partial charge in [0.1, 0.15) is 0 Å². The van der Waals surface area contributed by atoms with Crippen LogP contribution in [0.2, 0.25) is 0 Å². The predicted molar refractivity (Wildman–Crippen MR) is 129 cm³/mol. The van der Waals surface area contributed by atoms with Crippen LogP contribution in [0.15, 0.2) is 109 Å². The fourth-order valence-corrected chi connectivity index (χ4v) is 10.2. The van der Waals surface area contributed by atoms with E-state index in [1.807, 2.05) is 91.0 Å². The Morgan fingerprint density at radius 2 is 1.16 bits per heavy atom. The van der Waals surface area contributed by atoms with Gasteiger partial charge in [0, 0.05) is 0 Å². The number of hydrogen-bond acceptors (Lipinski definition) is 3. The first kappa shape index (κ1) is 21.0. The summed E-state index contributed by atoms with van der Waals surface area (Å²) in [6.07, 6.45) is 0.235. The van der Waals surface area contributed by atoms with Crippen molar-refractivity contribution in [3.8, 4) is 5.75 Å². The maximum atomic E-state index is 11.4. The van der Waals surface area contributed by atoms with Crippen molar-refractivity contribution in [1.29, 1.82) is 0 Å². The minimum absolute atomic E-state index is 0.0111. The zero-order valence-corrected chi connectivity index (χ0v) is 18.3. The van der Waals surface area contributed by atoms with E-state index in [9.17, 15) is 15.2 Å². The fourth-order valence-electron chi connectivity index (χ4n) is 4.07. The van der Waals surface area contributed by atoms with Gasteiger partial charge in [0.05, 0.1) is 0 Å². The normalized spacial score (nSPS) is 12.6. The molecule has 0 fully saturated rings. The molecular weight excluding hydrogens is 429 g/mol.